The molecule has 5 nitrogen and oxygen atoms in total. The van der Waals surface area contributed by atoms with Crippen LogP contribution in [0.1, 0.15) is 35.7 Å². The van der Waals surface area contributed by atoms with Gasteiger partial charge < -0.3 is 10.2 Å². The summed E-state index contributed by atoms with van der Waals surface area (Å²) < 4.78 is 41.8. The monoisotopic (exact) mass is 435 g/mol. The second-order valence-electron chi connectivity index (χ2n) is 7.04. The lowest BCUT2D eigenvalue weighted by Crippen LogP contribution is -2.36. The third kappa shape index (κ3) is 5.18. The van der Waals surface area contributed by atoms with E-state index in [0.717, 1.165) is 5.56 Å². The van der Waals surface area contributed by atoms with Gasteiger partial charge in [-0.3, -0.25) is 9.97 Å². The summed E-state index contributed by atoms with van der Waals surface area (Å²) in [6.45, 7) is 3.60. The smallest absolute Gasteiger partial charge is 0.362 e. The number of alkyl halides is 3. The topological polar surface area (TPSA) is 53.9 Å². The summed E-state index contributed by atoms with van der Waals surface area (Å²) in [7, 11) is 1.43. The molecule has 0 aliphatic carbocycles. The van der Waals surface area contributed by atoms with Crippen molar-refractivity contribution in [2.75, 3.05) is 17.3 Å². The van der Waals surface area contributed by atoms with Crippen LogP contribution in [-0.4, -0.2) is 28.2 Å². The number of hydrogen-bond donors (Lipinski definition) is 1. The number of nitrogens with one attached hydrogen (secondary N) is 1. The minimum absolute atomic E-state index is 0.0933. The molecule has 2 aromatic heterocycles. The van der Waals surface area contributed by atoms with Crippen LogP contribution in [-0.2, 0) is 0 Å². The summed E-state index contributed by atoms with van der Waals surface area (Å²) in [6.07, 6.45) is 1.27. The van der Waals surface area contributed by atoms with Gasteiger partial charge in [-0.2, -0.15) is 13.2 Å². The minimum atomic E-state index is -4.47. The Labute approximate surface area is 178 Å². The van der Waals surface area contributed by atoms with Crippen molar-refractivity contribution < 1.29 is 13.2 Å². The highest BCUT2D eigenvalue weighted by Crippen LogP contribution is 2.39. The second-order valence-corrected chi connectivity index (χ2v) is 7.43. The lowest BCUT2D eigenvalue weighted by Gasteiger charge is -2.32. The fourth-order valence-electron chi connectivity index (χ4n) is 3.24. The molecule has 0 radical (unpaired) electrons. The van der Waals surface area contributed by atoms with Crippen molar-refractivity contribution in [3.05, 3.63) is 77.0 Å². The van der Waals surface area contributed by atoms with Gasteiger partial charge in [-0.05, 0) is 37.1 Å². The molecule has 0 saturated carbocycles. The largest absolute Gasteiger partial charge is 0.413 e. The van der Waals surface area contributed by atoms with Crippen LogP contribution >= 0.6 is 11.6 Å². The average Bonchev–Trinajstić information content (AvgIpc) is 2.67. The third-order valence-electron chi connectivity index (χ3n) is 4.66. The summed E-state index contributed by atoms with van der Waals surface area (Å²) in [6, 6.07) is 6.40. The Morgan fingerprint density at radius 2 is 1.77 bits per heavy atom. The molecule has 0 bridgehead atoms. The van der Waals surface area contributed by atoms with Gasteiger partial charge in [-0.1, -0.05) is 29.8 Å². The Balaban J connectivity index is 1.89. The van der Waals surface area contributed by atoms with Gasteiger partial charge in [0.05, 0.1) is 18.4 Å². The first-order valence-corrected chi connectivity index (χ1v) is 9.58. The fraction of sp³-hybridized carbons (Fsp3) is 0.286. The molecule has 0 spiro atoms. The van der Waals surface area contributed by atoms with Gasteiger partial charge in [0.25, 0.3) is 0 Å². The first kappa shape index (κ1) is 21.8. The summed E-state index contributed by atoms with van der Waals surface area (Å²) >= 11 is 5.86. The van der Waals surface area contributed by atoms with Crippen LogP contribution in [0.3, 0.4) is 0 Å². The second kappa shape index (κ2) is 8.87. The summed E-state index contributed by atoms with van der Waals surface area (Å²) in [5, 5.41) is 3.41. The molecule has 0 fully saturated rings. The van der Waals surface area contributed by atoms with Gasteiger partial charge >= 0.3 is 6.18 Å². The maximum absolute atomic E-state index is 13.9. The highest BCUT2D eigenvalue weighted by atomic mass is 35.5. The van der Waals surface area contributed by atoms with E-state index in [9.17, 15) is 13.2 Å². The molecule has 2 heterocycles. The van der Waals surface area contributed by atoms with E-state index in [1.807, 2.05) is 13.0 Å². The fourth-order valence-corrected chi connectivity index (χ4v) is 3.39. The first-order valence-electron chi connectivity index (χ1n) is 9.20. The van der Waals surface area contributed by atoms with E-state index >= 15 is 0 Å². The van der Waals surface area contributed by atoms with Crippen molar-refractivity contribution in [1.29, 1.82) is 0 Å². The van der Waals surface area contributed by atoms with Crippen LogP contribution in [0.5, 0.6) is 0 Å². The zero-order chi connectivity index (χ0) is 21.9. The highest BCUT2D eigenvalue weighted by Gasteiger charge is 2.44. The Morgan fingerprint density at radius 3 is 2.43 bits per heavy atom. The predicted octanol–water partition coefficient (Wildman–Crippen LogP) is 5.75. The number of hydrogen-bond acceptors (Lipinski definition) is 5. The maximum atomic E-state index is 13.9. The molecule has 0 amide bonds. The SMILES string of the molecule is Cc1cncc(C(N(C)c2cccc([C@H](C)Nc3cncc(Cl)n3)c2)C(F)(F)F)c1. The quantitative estimate of drug-likeness (QED) is 0.534. The van der Waals surface area contributed by atoms with Crippen LogP contribution in [0.25, 0.3) is 0 Å². The standard InChI is InChI=1S/C21H21ClF3N5/c1-13-7-16(10-26-9-13)20(21(23,24)25)30(3)17-6-4-5-15(8-17)14(2)28-19-12-27-11-18(22)29-19/h4-12,14,20H,1-3H3,(H,28,29)/t14-,20?/m0/s1. The number of halogens is 4. The van der Waals surface area contributed by atoms with Crippen molar-refractivity contribution in [3.63, 3.8) is 0 Å². The lowest BCUT2D eigenvalue weighted by atomic mass is 10.0. The molecule has 0 aliphatic heterocycles. The molecule has 3 rings (SSSR count). The Bertz CT molecular complexity index is 1010. The maximum Gasteiger partial charge on any atom is 0.413 e. The van der Waals surface area contributed by atoms with Crippen LogP contribution in [0.4, 0.5) is 24.7 Å². The number of benzene rings is 1. The van der Waals surface area contributed by atoms with E-state index < -0.39 is 12.2 Å². The number of aryl methyl sites for hydroxylation is 1. The van der Waals surface area contributed by atoms with Crippen LogP contribution in [0.15, 0.2) is 55.1 Å². The average molecular weight is 436 g/mol. The van der Waals surface area contributed by atoms with Gasteiger partial charge in [0.2, 0.25) is 0 Å². The van der Waals surface area contributed by atoms with Gasteiger partial charge in [0.1, 0.15) is 11.0 Å². The van der Waals surface area contributed by atoms with Crippen molar-refractivity contribution >= 4 is 23.1 Å². The van der Waals surface area contributed by atoms with Gasteiger partial charge in [-0.15, -0.1) is 0 Å². The number of aromatic nitrogens is 3. The van der Waals surface area contributed by atoms with E-state index in [0.29, 0.717) is 17.1 Å². The van der Waals surface area contributed by atoms with E-state index in [-0.39, 0.29) is 16.8 Å². The van der Waals surface area contributed by atoms with Gasteiger partial charge in [0, 0.05) is 30.7 Å². The molecule has 3 aromatic rings. The number of nitrogens with zero attached hydrogens (tertiary/aromatic N) is 4. The molecule has 1 unspecified atom stereocenters. The molecule has 1 aromatic carbocycles. The molecular weight excluding hydrogens is 415 g/mol. The third-order valence-corrected chi connectivity index (χ3v) is 4.84. The zero-order valence-corrected chi connectivity index (χ0v) is 17.4. The van der Waals surface area contributed by atoms with Crippen molar-refractivity contribution in [2.45, 2.75) is 32.1 Å². The first-order chi connectivity index (χ1) is 14.1. The zero-order valence-electron chi connectivity index (χ0n) is 16.7. The highest BCUT2D eigenvalue weighted by molar-refractivity contribution is 6.29. The number of pyridine rings is 1. The van der Waals surface area contributed by atoms with E-state index in [4.69, 9.17) is 11.6 Å². The van der Waals surface area contributed by atoms with Crippen molar-refractivity contribution in [3.8, 4) is 0 Å². The van der Waals surface area contributed by atoms with E-state index in [1.165, 1.54) is 42.8 Å². The molecule has 9 heteroatoms. The van der Waals surface area contributed by atoms with E-state index in [2.05, 4.69) is 20.3 Å². The lowest BCUT2D eigenvalue weighted by molar-refractivity contribution is -0.149. The molecule has 0 saturated heterocycles. The summed E-state index contributed by atoms with van der Waals surface area (Å²) in [4.78, 5) is 13.3. The molecule has 2 atom stereocenters. The molecule has 1 N–H and O–H groups in total. The Morgan fingerprint density at radius 1 is 1.03 bits per heavy atom. The number of anilines is 2. The Kier molecular flexibility index (Phi) is 6.45. The van der Waals surface area contributed by atoms with E-state index in [1.54, 1.807) is 25.1 Å². The molecule has 158 valence electrons. The Hall–Kier alpha value is -2.87. The normalized spacial score (nSPS) is 13.6. The van der Waals surface area contributed by atoms with Crippen LogP contribution < -0.4 is 10.2 Å². The van der Waals surface area contributed by atoms with Crippen molar-refractivity contribution in [2.24, 2.45) is 0 Å². The van der Waals surface area contributed by atoms with Crippen LogP contribution in [0.2, 0.25) is 5.15 Å². The number of rotatable bonds is 6. The molecule has 0 aliphatic rings. The molecular formula is C21H21ClF3N5. The molecule has 30 heavy (non-hydrogen) atoms. The summed E-state index contributed by atoms with van der Waals surface area (Å²) in [5.41, 5.74) is 1.99. The predicted molar refractivity (Wildman–Crippen MR) is 112 cm³/mol. The summed E-state index contributed by atoms with van der Waals surface area (Å²) in [5.74, 6) is 0.479. The van der Waals surface area contributed by atoms with Crippen molar-refractivity contribution in [1.82, 2.24) is 15.0 Å². The minimum Gasteiger partial charge on any atom is -0.362 e. The van der Waals surface area contributed by atoms with Gasteiger partial charge in [0.15, 0.2) is 6.04 Å². The van der Waals surface area contributed by atoms with Gasteiger partial charge in [-0.25, -0.2) is 4.98 Å². The van der Waals surface area contributed by atoms with Crippen LogP contribution in [0, 0.1) is 6.92 Å².